The summed E-state index contributed by atoms with van der Waals surface area (Å²) in [6, 6.07) is 22.2. The van der Waals surface area contributed by atoms with Gasteiger partial charge in [-0.2, -0.15) is 12.7 Å². The van der Waals surface area contributed by atoms with Gasteiger partial charge >= 0.3 is 10.2 Å². The molecule has 0 aliphatic heterocycles. The van der Waals surface area contributed by atoms with Crippen LogP contribution in [0.25, 0.3) is 0 Å². The first-order valence-corrected chi connectivity index (χ1v) is 16.8. The number of carbonyl (C=O) groups is 2. The molecule has 0 saturated heterocycles. The van der Waals surface area contributed by atoms with E-state index < -0.39 is 28.7 Å². The van der Waals surface area contributed by atoms with Gasteiger partial charge in [0.2, 0.25) is 11.8 Å². The van der Waals surface area contributed by atoms with Crippen molar-refractivity contribution >= 4 is 27.7 Å². The maximum Gasteiger partial charge on any atom is 0.304 e. The second-order valence-electron chi connectivity index (χ2n) is 12.1. The van der Waals surface area contributed by atoms with Gasteiger partial charge in [0.05, 0.1) is 5.69 Å². The summed E-state index contributed by atoms with van der Waals surface area (Å²) in [5.41, 5.74) is 4.86. The zero-order valence-electron chi connectivity index (χ0n) is 26.6. The van der Waals surface area contributed by atoms with E-state index in [1.54, 1.807) is 11.0 Å². The Labute approximate surface area is 263 Å². The third kappa shape index (κ3) is 8.27. The highest BCUT2D eigenvalue weighted by Gasteiger charge is 2.36. The minimum atomic E-state index is -4.05. The van der Waals surface area contributed by atoms with E-state index in [4.69, 9.17) is 0 Å². The van der Waals surface area contributed by atoms with Gasteiger partial charge in [0.15, 0.2) is 0 Å². The fourth-order valence-corrected chi connectivity index (χ4v) is 6.87. The first-order valence-electron chi connectivity index (χ1n) is 15.4. The summed E-state index contributed by atoms with van der Waals surface area (Å²) < 4.78 is 29.7. The molecular weight excluding hydrogens is 572 g/mol. The van der Waals surface area contributed by atoms with E-state index in [0.29, 0.717) is 12.1 Å². The molecule has 1 aliphatic rings. The molecule has 1 saturated carbocycles. The molecule has 3 aromatic carbocycles. The molecule has 1 aliphatic carbocycles. The van der Waals surface area contributed by atoms with Crippen LogP contribution in [0.1, 0.15) is 59.9 Å². The predicted octanol–water partition coefficient (Wildman–Crippen LogP) is 5.31. The molecule has 1 fully saturated rings. The second-order valence-corrected chi connectivity index (χ2v) is 14.2. The number of carbonyl (C=O) groups excluding carboxylic acids is 2. The fourth-order valence-electron chi connectivity index (χ4n) is 5.76. The summed E-state index contributed by atoms with van der Waals surface area (Å²) in [5.74, 6) is -0.657. The molecule has 0 heterocycles. The van der Waals surface area contributed by atoms with Crippen molar-refractivity contribution in [3.05, 3.63) is 101 Å². The van der Waals surface area contributed by atoms with Crippen LogP contribution in [0.2, 0.25) is 0 Å². The van der Waals surface area contributed by atoms with E-state index >= 15 is 0 Å². The highest BCUT2D eigenvalue weighted by atomic mass is 32.2. The van der Waals surface area contributed by atoms with Crippen LogP contribution < -0.4 is 9.62 Å². The van der Waals surface area contributed by atoms with E-state index in [9.17, 15) is 18.0 Å². The van der Waals surface area contributed by atoms with E-state index in [2.05, 4.69) is 5.32 Å². The van der Waals surface area contributed by atoms with Crippen molar-refractivity contribution < 1.29 is 18.0 Å². The Morgan fingerprint density at radius 2 is 1.52 bits per heavy atom. The van der Waals surface area contributed by atoms with Crippen LogP contribution in [0.3, 0.4) is 0 Å². The molecule has 0 spiro atoms. The van der Waals surface area contributed by atoms with E-state index in [1.165, 1.54) is 18.4 Å². The summed E-state index contributed by atoms with van der Waals surface area (Å²) >= 11 is 0. The van der Waals surface area contributed by atoms with Crippen LogP contribution in [-0.4, -0.2) is 62.2 Å². The van der Waals surface area contributed by atoms with Gasteiger partial charge in [-0.3, -0.25) is 9.59 Å². The molecular formula is C35H46N4O4S. The molecule has 0 bridgehead atoms. The van der Waals surface area contributed by atoms with Crippen LogP contribution in [-0.2, 0) is 32.8 Å². The smallest absolute Gasteiger partial charge is 0.304 e. The molecule has 4 rings (SSSR count). The van der Waals surface area contributed by atoms with Crippen LogP contribution in [0.5, 0.6) is 0 Å². The zero-order valence-corrected chi connectivity index (χ0v) is 27.4. The number of rotatable bonds is 12. The van der Waals surface area contributed by atoms with Crippen molar-refractivity contribution in [2.45, 2.75) is 77.9 Å². The Morgan fingerprint density at radius 3 is 2.18 bits per heavy atom. The Hall–Kier alpha value is -3.69. The number of hydrogen-bond acceptors (Lipinski definition) is 4. The van der Waals surface area contributed by atoms with Crippen molar-refractivity contribution in [1.82, 2.24) is 14.5 Å². The Morgan fingerprint density at radius 1 is 0.864 bits per heavy atom. The number of hydrogen-bond donors (Lipinski definition) is 1. The normalized spacial score (nSPS) is 14.7. The van der Waals surface area contributed by atoms with Gasteiger partial charge in [-0.1, -0.05) is 86.0 Å². The molecule has 0 aromatic heterocycles. The van der Waals surface area contributed by atoms with E-state index in [1.807, 2.05) is 87.5 Å². The SMILES string of the molecule is Cc1ccc(C)c(N(CC(=O)N(Cc2ccccc2C)C(Cc2ccccc2)C(=O)NC2CCCCC2)S(=O)(=O)N(C)C)c1. The molecule has 2 amide bonds. The number of nitrogens with one attached hydrogen (secondary N) is 1. The van der Waals surface area contributed by atoms with Crippen LogP contribution in [0.4, 0.5) is 5.69 Å². The quantitative estimate of drug-likeness (QED) is 0.298. The van der Waals surface area contributed by atoms with Crippen molar-refractivity contribution in [1.29, 1.82) is 0 Å². The number of amides is 2. The number of anilines is 1. The molecule has 1 unspecified atom stereocenters. The average Bonchev–Trinajstić information content (AvgIpc) is 3.00. The first-order chi connectivity index (χ1) is 21.0. The molecule has 1 atom stereocenters. The summed E-state index contributed by atoms with van der Waals surface area (Å²) in [4.78, 5) is 30.3. The third-order valence-corrected chi connectivity index (χ3v) is 10.3. The summed E-state index contributed by atoms with van der Waals surface area (Å²) in [6.07, 6.45) is 5.42. The molecule has 236 valence electrons. The van der Waals surface area contributed by atoms with Gasteiger partial charge in [0.25, 0.3) is 0 Å². The minimum Gasteiger partial charge on any atom is -0.352 e. The lowest BCUT2D eigenvalue weighted by atomic mass is 9.94. The lowest BCUT2D eigenvalue weighted by Crippen LogP contribution is -2.55. The van der Waals surface area contributed by atoms with Gasteiger partial charge in [-0.25, -0.2) is 4.31 Å². The minimum absolute atomic E-state index is 0.0606. The predicted molar refractivity (Wildman–Crippen MR) is 177 cm³/mol. The van der Waals surface area contributed by atoms with Gasteiger partial charge in [0, 0.05) is 33.1 Å². The van der Waals surface area contributed by atoms with Gasteiger partial charge in [0.1, 0.15) is 12.6 Å². The van der Waals surface area contributed by atoms with Gasteiger partial charge in [-0.05, 0) is 67.5 Å². The Bertz CT molecular complexity index is 1540. The molecule has 0 radical (unpaired) electrons. The van der Waals surface area contributed by atoms with E-state index in [0.717, 1.165) is 64.2 Å². The maximum atomic E-state index is 14.6. The van der Waals surface area contributed by atoms with Crippen molar-refractivity contribution in [2.24, 2.45) is 0 Å². The number of nitrogens with zero attached hydrogens (tertiary/aromatic N) is 3. The molecule has 44 heavy (non-hydrogen) atoms. The van der Waals surface area contributed by atoms with Crippen molar-refractivity contribution in [2.75, 3.05) is 24.9 Å². The van der Waals surface area contributed by atoms with Gasteiger partial charge < -0.3 is 10.2 Å². The Balaban J connectivity index is 1.78. The topological polar surface area (TPSA) is 90.0 Å². The number of benzene rings is 3. The second kappa shape index (κ2) is 14.9. The summed E-state index contributed by atoms with van der Waals surface area (Å²) in [5, 5.41) is 3.25. The molecule has 8 nitrogen and oxygen atoms in total. The largest absolute Gasteiger partial charge is 0.352 e. The highest BCUT2D eigenvalue weighted by molar-refractivity contribution is 7.90. The van der Waals surface area contributed by atoms with Crippen LogP contribution in [0.15, 0.2) is 72.8 Å². The summed E-state index contributed by atoms with van der Waals surface area (Å²) in [7, 11) is -1.14. The average molecular weight is 619 g/mol. The number of aryl methyl sites for hydroxylation is 3. The van der Waals surface area contributed by atoms with E-state index in [-0.39, 0.29) is 18.5 Å². The van der Waals surface area contributed by atoms with Crippen molar-refractivity contribution in [3.8, 4) is 0 Å². The molecule has 1 N–H and O–H groups in total. The third-order valence-electron chi connectivity index (χ3n) is 8.48. The summed E-state index contributed by atoms with van der Waals surface area (Å²) in [6.45, 7) is 5.42. The maximum absolute atomic E-state index is 14.6. The van der Waals surface area contributed by atoms with Crippen LogP contribution in [0, 0.1) is 20.8 Å². The molecule has 9 heteroatoms. The highest BCUT2D eigenvalue weighted by Crippen LogP contribution is 2.27. The monoisotopic (exact) mass is 618 g/mol. The standard InChI is InChI=1S/C35H46N4O4S/c1-26-20-21-28(3)32(22-26)39(44(42,43)37(4)5)25-34(40)38(24-30-17-13-12-14-27(30)2)33(23-29-15-8-6-9-16-29)35(41)36-31-18-10-7-11-19-31/h6,8-9,12-17,20-22,31,33H,7,10-11,18-19,23-25H2,1-5H3,(H,36,41). The lowest BCUT2D eigenvalue weighted by Gasteiger charge is -2.36. The molecule has 3 aromatic rings. The lowest BCUT2D eigenvalue weighted by molar-refractivity contribution is -0.140. The fraction of sp³-hybridized carbons (Fsp3) is 0.429. The van der Waals surface area contributed by atoms with Gasteiger partial charge in [-0.15, -0.1) is 0 Å². The first kappa shape index (κ1) is 33.2. The van der Waals surface area contributed by atoms with Crippen molar-refractivity contribution in [3.63, 3.8) is 0 Å². The van der Waals surface area contributed by atoms with Crippen LogP contribution >= 0.6 is 0 Å². The zero-order chi connectivity index (χ0) is 31.9. The Kier molecular flexibility index (Phi) is 11.2.